The Labute approximate surface area is 173 Å². The number of ether oxygens (including phenoxy) is 3. The Morgan fingerprint density at radius 1 is 1.45 bits per heavy atom. The highest BCUT2D eigenvalue weighted by atomic mass is 19.1. The number of carbonyl (C=O) groups is 1. The minimum atomic E-state index is -1.24. The van der Waals surface area contributed by atoms with Crippen molar-refractivity contribution in [2.45, 2.75) is 38.2 Å². The number of terminal acetylenes is 1. The van der Waals surface area contributed by atoms with Crippen molar-refractivity contribution in [1.29, 1.82) is 0 Å². The van der Waals surface area contributed by atoms with Crippen molar-refractivity contribution in [3.8, 4) is 12.3 Å². The summed E-state index contributed by atoms with van der Waals surface area (Å²) < 4.78 is 40.3. The van der Waals surface area contributed by atoms with Gasteiger partial charge in [0.1, 0.15) is 12.8 Å². The summed E-state index contributed by atoms with van der Waals surface area (Å²) in [5, 5.41) is 0. The maximum absolute atomic E-state index is 13.6. The van der Waals surface area contributed by atoms with Crippen LogP contribution in [0.2, 0.25) is 0 Å². The van der Waals surface area contributed by atoms with Crippen molar-refractivity contribution >= 4 is 23.1 Å². The molecule has 12 nitrogen and oxygen atoms in total. The molecule has 162 valence electrons. The number of halogens is 1. The SMILES string of the molecule is C#CC1(COC(=O)OCc2oc(=O)oc2C)CCC(n2cnc3c(N)nc(F)nc32)O1. The first-order valence-corrected chi connectivity index (χ1v) is 9.00. The number of rotatable bonds is 5. The van der Waals surface area contributed by atoms with Gasteiger partial charge in [-0.15, -0.1) is 6.42 Å². The molecule has 1 fully saturated rings. The predicted molar refractivity (Wildman–Crippen MR) is 98.7 cm³/mol. The van der Waals surface area contributed by atoms with Gasteiger partial charge in [-0.25, -0.2) is 14.6 Å². The standard InChI is InChI=1S/C18H16FN5O7/c1-3-18(7-28-16(25)27-6-10-9(2)29-17(26)30-10)5-4-11(31-18)24-8-21-12-13(20)22-15(19)23-14(12)24/h1,8,11H,4-7H2,2H3,(H2,20,22,23). The second-order valence-electron chi connectivity index (χ2n) is 6.71. The number of fused-ring (bicyclic) bond motifs is 1. The fraction of sp³-hybridized carbons (Fsp3) is 0.389. The Kier molecular flexibility index (Phi) is 5.07. The molecule has 1 aliphatic heterocycles. The number of nitrogens with two attached hydrogens (primary N) is 1. The number of hydrogen-bond acceptors (Lipinski definition) is 11. The minimum Gasteiger partial charge on any atom is -0.430 e. The average Bonchev–Trinajstić information content (AvgIpc) is 3.42. The molecular formula is C18H16FN5O7. The van der Waals surface area contributed by atoms with Crippen molar-refractivity contribution < 1.29 is 32.2 Å². The zero-order valence-corrected chi connectivity index (χ0v) is 16.2. The Bertz CT molecular complexity index is 1240. The van der Waals surface area contributed by atoms with Crippen LogP contribution in [0, 0.1) is 25.3 Å². The predicted octanol–water partition coefficient (Wildman–Crippen LogP) is 1.44. The van der Waals surface area contributed by atoms with E-state index >= 15 is 0 Å². The molecule has 0 bridgehead atoms. The number of nitrogen functional groups attached to an aromatic ring is 1. The fourth-order valence-corrected chi connectivity index (χ4v) is 3.15. The molecule has 2 unspecified atom stereocenters. The minimum absolute atomic E-state index is 0.0614. The van der Waals surface area contributed by atoms with Crippen LogP contribution in [0.25, 0.3) is 11.2 Å². The van der Waals surface area contributed by atoms with Crippen molar-refractivity contribution in [2.75, 3.05) is 12.3 Å². The van der Waals surface area contributed by atoms with Crippen molar-refractivity contribution in [1.82, 2.24) is 19.5 Å². The van der Waals surface area contributed by atoms with Crippen LogP contribution < -0.4 is 11.6 Å². The maximum atomic E-state index is 13.6. The molecule has 2 N–H and O–H groups in total. The lowest BCUT2D eigenvalue weighted by atomic mass is 10.0. The van der Waals surface area contributed by atoms with E-state index in [4.69, 9.17) is 30.8 Å². The zero-order valence-electron chi connectivity index (χ0n) is 16.2. The Morgan fingerprint density at radius 2 is 2.26 bits per heavy atom. The van der Waals surface area contributed by atoms with Crippen LogP contribution in [0.15, 0.2) is 20.0 Å². The summed E-state index contributed by atoms with van der Waals surface area (Å²) in [4.78, 5) is 34.1. The first kappa shape index (κ1) is 20.4. The van der Waals surface area contributed by atoms with Gasteiger partial charge in [0.05, 0.1) is 6.33 Å². The van der Waals surface area contributed by atoms with Crippen LogP contribution in [0.5, 0.6) is 0 Å². The van der Waals surface area contributed by atoms with Crippen LogP contribution in [0.4, 0.5) is 15.0 Å². The normalized spacial score (nSPS) is 20.6. The summed E-state index contributed by atoms with van der Waals surface area (Å²) in [5.41, 5.74) is 4.81. The lowest BCUT2D eigenvalue weighted by Gasteiger charge is -2.23. The van der Waals surface area contributed by atoms with E-state index in [1.165, 1.54) is 17.8 Å². The van der Waals surface area contributed by atoms with Crippen LogP contribution in [0.1, 0.15) is 30.6 Å². The van der Waals surface area contributed by atoms with Crippen LogP contribution >= 0.6 is 0 Å². The van der Waals surface area contributed by atoms with Gasteiger partial charge in [0, 0.05) is 0 Å². The van der Waals surface area contributed by atoms with Gasteiger partial charge in [0.25, 0.3) is 0 Å². The molecule has 0 amide bonds. The molecule has 31 heavy (non-hydrogen) atoms. The molecular weight excluding hydrogens is 417 g/mol. The number of nitrogens with zero attached hydrogens (tertiary/aromatic N) is 4. The van der Waals surface area contributed by atoms with E-state index in [2.05, 4.69) is 25.3 Å². The van der Waals surface area contributed by atoms with Gasteiger partial charge in [-0.05, 0) is 19.8 Å². The summed E-state index contributed by atoms with van der Waals surface area (Å²) in [5.74, 6) is 1.73. The molecule has 1 saturated heterocycles. The quantitative estimate of drug-likeness (QED) is 0.352. The van der Waals surface area contributed by atoms with Crippen molar-refractivity contribution in [3.05, 3.63) is 34.5 Å². The maximum Gasteiger partial charge on any atom is 0.519 e. The fourth-order valence-electron chi connectivity index (χ4n) is 3.15. The molecule has 2 atom stereocenters. The molecule has 0 aliphatic carbocycles. The van der Waals surface area contributed by atoms with Gasteiger partial charge in [-0.1, -0.05) is 5.92 Å². The molecule has 1 aliphatic rings. The van der Waals surface area contributed by atoms with Gasteiger partial charge in [0.15, 0.2) is 40.7 Å². The number of aromatic nitrogens is 4. The van der Waals surface area contributed by atoms with Gasteiger partial charge >= 0.3 is 18.1 Å². The third kappa shape index (κ3) is 3.92. The van der Waals surface area contributed by atoms with E-state index in [1.807, 2.05) is 0 Å². The highest BCUT2D eigenvalue weighted by Gasteiger charge is 2.42. The molecule has 0 radical (unpaired) electrons. The first-order chi connectivity index (χ1) is 14.8. The monoisotopic (exact) mass is 433 g/mol. The van der Waals surface area contributed by atoms with E-state index in [1.54, 1.807) is 0 Å². The Hall–Kier alpha value is -3.92. The number of hydrogen-bond donors (Lipinski definition) is 1. The zero-order chi connectivity index (χ0) is 22.2. The molecule has 0 saturated carbocycles. The van der Waals surface area contributed by atoms with Crippen molar-refractivity contribution in [3.63, 3.8) is 0 Å². The molecule has 4 heterocycles. The van der Waals surface area contributed by atoms with E-state index in [-0.39, 0.29) is 41.7 Å². The van der Waals surface area contributed by atoms with Gasteiger partial charge in [0.2, 0.25) is 0 Å². The second kappa shape index (κ2) is 7.73. The summed E-state index contributed by atoms with van der Waals surface area (Å²) in [7, 11) is 0. The smallest absolute Gasteiger partial charge is 0.430 e. The number of anilines is 1. The molecule has 13 heteroatoms. The largest absolute Gasteiger partial charge is 0.519 e. The number of aryl methyl sites for hydroxylation is 1. The summed E-state index contributed by atoms with van der Waals surface area (Å²) in [6, 6.07) is 0. The molecule has 3 aromatic rings. The third-order valence-electron chi connectivity index (χ3n) is 4.73. The highest BCUT2D eigenvalue weighted by Crippen LogP contribution is 2.38. The topological polar surface area (TPSA) is 158 Å². The lowest BCUT2D eigenvalue weighted by Crippen LogP contribution is -2.34. The third-order valence-corrected chi connectivity index (χ3v) is 4.73. The molecule has 3 aromatic heterocycles. The van der Waals surface area contributed by atoms with Crippen LogP contribution in [-0.4, -0.2) is 37.9 Å². The van der Waals surface area contributed by atoms with Gasteiger partial charge < -0.3 is 28.8 Å². The molecule has 0 spiro atoms. The highest BCUT2D eigenvalue weighted by molar-refractivity contribution is 5.81. The summed E-state index contributed by atoms with van der Waals surface area (Å²) in [6.07, 6.45) is 5.08. The average molecular weight is 433 g/mol. The number of imidazole rings is 1. The first-order valence-electron chi connectivity index (χ1n) is 9.00. The van der Waals surface area contributed by atoms with Gasteiger partial charge in [-0.2, -0.15) is 14.4 Å². The summed E-state index contributed by atoms with van der Waals surface area (Å²) >= 11 is 0. The Balaban J connectivity index is 1.40. The number of carbonyl (C=O) groups excluding carboxylic acids is 1. The second-order valence-corrected chi connectivity index (χ2v) is 6.71. The van der Waals surface area contributed by atoms with Crippen LogP contribution in [-0.2, 0) is 20.8 Å². The summed E-state index contributed by atoms with van der Waals surface area (Å²) in [6.45, 7) is 0.834. The van der Waals surface area contributed by atoms with Crippen LogP contribution in [0.3, 0.4) is 0 Å². The molecule has 4 rings (SSSR count). The van der Waals surface area contributed by atoms with Gasteiger partial charge in [-0.3, -0.25) is 4.57 Å². The lowest BCUT2D eigenvalue weighted by molar-refractivity contribution is -0.0742. The van der Waals surface area contributed by atoms with E-state index in [9.17, 15) is 14.0 Å². The van der Waals surface area contributed by atoms with E-state index in [0.717, 1.165) is 0 Å². The molecule has 0 aromatic carbocycles. The van der Waals surface area contributed by atoms with E-state index in [0.29, 0.717) is 12.8 Å². The van der Waals surface area contributed by atoms with E-state index < -0.39 is 29.9 Å². The van der Waals surface area contributed by atoms with Crippen molar-refractivity contribution in [2.24, 2.45) is 0 Å². The Morgan fingerprint density at radius 3 is 2.97 bits per heavy atom.